The van der Waals surface area contributed by atoms with Gasteiger partial charge in [0.15, 0.2) is 11.9 Å². The van der Waals surface area contributed by atoms with Gasteiger partial charge < -0.3 is 14.2 Å². The molecule has 2 saturated heterocycles. The molecule has 0 aromatic heterocycles. The molecule has 388 valence electrons. The van der Waals surface area contributed by atoms with Gasteiger partial charge >= 0.3 is 54.3 Å². The molecular weight excluding hydrogens is 958 g/mol. The largest absolute Gasteiger partial charge is 0.459 e. The molecule has 2 heterocycles. The van der Waals surface area contributed by atoms with Gasteiger partial charge in [0.1, 0.15) is 5.60 Å². The zero-order valence-corrected chi connectivity index (χ0v) is 36.3. The Bertz CT molecular complexity index is 1690. The van der Waals surface area contributed by atoms with E-state index in [2.05, 4.69) is 0 Å². The predicted octanol–water partition coefficient (Wildman–Crippen LogP) is 15.6. The predicted molar refractivity (Wildman–Crippen MR) is 188 cm³/mol. The second-order valence-corrected chi connectivity index (χ2v) is 20.6. The van der Waals surface area contributed by atoms with Crippen molar-refractivity contribution in [2.75, 3.05) is 6.61 Å². The maximum atomic E-state index is 17.0. The van der Waals surface area contributed by atoms with Gasteiger partial charge in [-0.05, 0) is 119 Å². The van der Waals surface area contributed by atoms with Crippen LogP contribution in [0.5, 0.6) is 0 Å². The molecule has 6 fully saturated rings. The topological polar surface area (TPSA) is 27.7 Å². The molecule has 0 aromatic carbocycles. The molecule has 3 nitrogen and oxygen atoms in total. The number of halogens is 22. The minimum atomic E-state index is -7.81. The second-order valence-electron chi connectivity index (χ2n) is 20.6. The van der Waals surface area contributed by atoms with Crippen molar-refractivity contribution in [3.05, 3.63) is 0 Å². The molecule has 2 aliphatic heterocycles. The van der Waals surface area contributed by atoms with Crippen molar-refractivity contribution < 1.29 is 111 Å². The zero-order chi connectivity index (χ0) is 50.9. The molecule has 6 aliphatic rings. The summed E-state index contributed by atoms with van der Waals surface area (Å²) in [4.78, 5) is 0. The molecule has 4 bridgehead atoms. The van der Waals surface area contributed by atoms with Gasteiger partial charge in [0.05, 0.1) is 0 Å². The summed E-state index contributed by atoms with van der Waals surface area (Å²) in [6.07, 6.45) is -42.5. The van der Waals surface area contributed by atoms with Gasteiger partial charge in [0.2, 0.25) is 5.60 Å². The molecule has 0 aromatic rings. The summed E-state index contributed by atoms with van der Waals surface area (Å²) in [5, 5.41) is 0. The van der Waals surface area contributed by atoms with E-state index in [1.54, 1.807) is 0 Å². The van der Waals surface area contributed by atoms with E-state index in [9.17, 15) is 39.5 Å². The van der Waals surface area contributed by atoms with Crippen molar-refractivity contribution in [3.63, 3.8) is 0 Å². The van der Waals surface area contributed by atoms with Gasteiger partial charge in [0.25, 0.3) is 0 Å². The molecular formula is C41H52F22O3. The van der Waals surface area contributed by atoms with E-state index in [-0.39, 0.29) is 39.0 Å². The van der Waals surface area contributed by atoms with Crippen LogP contribution < -0.4 is 0 Å². The summed E-state index contributed by atoms with van der Waals surface area (Å²) in [6, 6.07) is 0. The lowest BCUT2D eigenvalue weighted by molar-refractivity contribution is -0.497. The first-order chi connectivity index (χ1) is 29.3. The lowest BCUT2D eigenvalue weighted by atomic mass is 9.35. The third kappa shape index (κ3) is 7.72. The van der Waals surface area contributed by atoms with E-state index in [0.717, 1.165) is 13.8 Å². The Morgan fingerprint density at radius 2 is 1.03 bits per heavy atom. The Kier molecular flexibility index (Phi) is 13.6. The van der Waals surface area contributed by atoms with Crippen LogP contribution in [0.3, 0.4) is 0 Å². The average molecular weight is 1010 g/mol. The quantitative estimate of drug-likeness (QED) is 0.162. The highest BCUT2D eigenvalue weighted by Crippen LogP contribution is 2.79. The van der Waals surface area contributed by atoms with Crippen LogP contribution in [0, 0.1) is 33.5 Å². The van der Waals surface area contributed by atoms with Gasteiger partial charge in [0, 0.05) is 17.4 Å². The highest BCUT2D eigenvalue weighted by molar-refractivity contribution is 5.29. The van der Waals surface area contributed by atoms with E-state index in [1.807, 2.05) is 0 Å². The Labute approximate surface area is 365 Å². The van der Waals surface area contributed by atoms with Crippen LogP contribution >= 0.6 is 0 Å². The van der Waals surface area contributed by atoms with Crippen LogP contribution in [-0.2, 0) is 14.2 Å². The first kappa shape index (κ1) is 55.3. The minimum Gasteiger partial charge on any atom is -0.353 e. The maximum Gasteiger partial charge on any atom is 0.459 e. The summed E-state index contributed by atoms with van der Waals surface area (Å²) in [5.41, 5.74) is -24.2. The fraction of sp³-hybridized carbons (Fsp3) is 1.00. The molecule has 25 heteroatoms. The van der Waals surface area contributed by atoms with Crippen LogP contribution in [0.15, 0.2) is 0 Å². The smallest absolute Gasteiger partial charge is 0.353 e. The first-order valence-corrected chi connectivity index (χ1v) is 21.5. The van der Waals surface area contributed by atoms with Crippen molar-refractivity contribution in [2.24, 2.45) is 33.5 Å². The van der Waals surface area contributed by atoms with Gasteiger partial charge in [-0.2, -0.15) is 96.6 Å². The second kappa shape index (κ2) is 16.2. The lowest BCUT2D eigenvalue weighted by Crippen LogP contribution is -2.84. The van der Waals surface area contributed by atoms with Gasteiger partial charge in [-0.25, -0.2) is 0 Å². The van der Waals surface area contributed by atoms with Crippen LogP contribution in [0.2, 0.25) is 0 Å². The zero-order valence-electron chi connectivity index (χ0n) is 36.3. The molecule has 0 amide bonds. The normalized spacial score (nSPS) is 33.8. The number of hydrogen-bond acceptors (Lipinski definition) is 3. The van der Waals surface area contributed by atoms with E-state index < -0.39 is 188 Å². The van der Waals surface area contributed by atoms with E-state index in [4.69, 9.17) is 14.2 Å². The summed E-state index contributed by atoms with van der Waals surface area (Å²) in [7, 11) is 0. The van der Waals surface area contributed by atoms with Crippen LogP contribution in [0.4, 0.5) is 96.6 Å². The average Bonchev–Trinajstić information content (AvgIpc) is 3.35. The summed E-state index contributed by atoms with van der Waals surface area (Å²) in [5.74, 6) is -39.5. The Morgan fingerprint density at radius 3 is 1.44 bits per heavy atom. The minimum absolute atomic E-state index is 0.0506. The monoisotopic (exact) mass is 1010 g/mol. The van der Waals surface area contributed by atoms with Gasteiger partial charge in [-0.1, -0.05) is 40.5 Å². The van der Waals surface area contributed by atoms with Gasteiger partial charge in [-0.15, -0.1) is 0 Å². The Morgan fingerprint density at radius 1 is 0.561 bits per heavy atom. The highest BCUT2D eigenvalue weighted by Gasteiger charge is 2.97. The molecule has 4 aliphatic carbocycles. The van der Waals surface area contributed by atoms with Gasteiger partial charge in [-0.3, -0.25) is 0 Å². The summed E-state index contributed by atoms with van der Waals surface area (Å²) < 4.78 is 348. The lowest BCUT2D eigenvalue weighted by Gasteiger charge is -2.72. The molecule has 4 saturated carbocycles. The number of alkyl halides is 22. The highest BCUT2D eigenvalue weighted by atomic mass is 19.4. The van der Waals surface area contributed by atoms with E-state index in [1.165, 1.54) is 13.8 Å². The molecule has 0 spiro atoms. The number of hydrogen-bond donors (Lipinski definition) is 0. The van der Waals surface area contributed by atoms with Crippen molar-refractivity contribution in [3.8, 4) is 0 Å². The molecule has 6 unspecified atom stereocenters. The van der Waals surface area contributed by atoms with Crippen LogP contribution in [0.25, 0.3) is 0 Å². The van der Waals surface area contributed by atoms with Crippen LogP contribution in [0.1, 0.15) is 137 Å². The number of ether oxygens (including phenoxy) is 3. The fourth-order valence-electron chi connectivity index (χ4n) is 12.7. The van der Waals surface area contributed by atoms with Crippen molar-refractivity contribution in [1.82, 2.24) is 0 Å². The third-order valence-electron chi connectivity index (χ3n) is 16.4. The molecule has 6 atom stereocenters. The summed E-state index contributed by atoms with van der Waals surface area (Å²) >= 11 is 0. The molecule has 0 N–H and O–H groups in total. The first-order valence-electron chi connectivity index (χ1n) is 21.5. The van der Waals surface area contributed by atoms with E-state index in [0.29, 0.717) is 0 Å². The van der Waals surface area contributed by atoms with Crippen molar-refractivity contribution >= 4 is 0 Å². The SMILES string of the molecule is CCC(C)(CCC(C)(C)C12CC3CC(C1)CC(C(OC1CCCCO1)(C(F)(F)C(F)(F)C(F)(F)F)C(F)(F)C(F)(F)C(F)(F)F)(C3)C2)C1(C(F)(F)F)CCCCC(C)(C(F)(F)C(F)(F)F)O1. The maximum absolute atomic E-state index is 17.0. The number of rotatable bonds is 14. The van der Waals surface area contributed by atoms with Crippen LogP contribution in [-0.4, -0.2) is 84.0 Å². The third-order valence-corrected chi connectivity index (χ3v) is 16.4. The van der Waals surface area contributed by atoms with E-state index >= 15 is 57.1 Å². The van der Waals surface area contributed by atoms with Crippen molar-refractivity contribution in [1.29, 1.82) is 0 Å². The Balaban J connectivity index is 1.73. The summed E-state index contributed by atoms with van der Waals surface area (Å²) in [6.45, 7) is 3.82. The standard InChI is InChI=1S/C41H52F22O3/c1-6-27(4,31(38(52,53)54)13-9-8-12-28(5,66-31)33(42,43)39(55,56)57)15-14-26(2,3)29-18-23-17-24(19-29)21-30(20-23,22-29)32(65-25-11-7-10-16-64-25,34(44,45)36(48,49)40(58,59)60)35(46,47)37(50,51)41(61,62)63/h23-25H,6-22H2,1-5H3. The molecule has 6 rings (SSSR count). The molecule has 66 heavy (non-hydrogen) atoms. The molecule has 0 radical (unpaired) electrons. The Hall–Kier alpha value is -1.66. The fourth-order valence-corrected chi connectivity index (χ4v) is 12.7. The van der Waals surface area contributed by atoms with Crippen molar-refractivity contribution in [2.45, 2.75) is 215 Å².